The van der Waals surface area contributed by atoms with Gasteiger partial charge in [0.05, 0.1) is 11.4 Å². The first-order valence-electron chi connectivity index (χ1n) is 9.60. The summed E-state index contributed by atoms with van der Waals surface area (Å²) in [6, 6.07) is 6.88. The highest BCUT2D eigenvalue weighted by atomic mass is 16.2. The van der Waals surface area contributed by atoms with Gasteiger partial charge >= 0.3 is 0 Å². The van der Waals surface area contributed by atoms with E-state index in [2.05, 4.69) is 9.97 Å². The number of nitrogens with zero attached hydrogens (tertiary/aromatic N) is 4. The van der Waals surface area contributed by atoms with E-state index in [1.54, 1.807) is 12.4 Å². The Balaban J connectivity index is 1.80. The van der Waals surface area contributed by atoms with Crippen LogP contribution in [-0.2, 0) is 9.59 Å². The molecule has 2 aromatic heterocycles. The fourth-order valence-corrected chi connectivity index (χ4v) is 4.32. The molecule has 0 radical (unpaired) electrons. The summed E-state index contributed by atoms with van der Waals surface area (Å²) in [6.45, 7) is 1.48. The Morgan fingerprint density at radius 1 is 0.821 bits per heavy atom. The Morgan fingerprint density at radius 2 is 1.25 bits per heavy atom. The van der Waals surface area contributed by atoms with Crippen molar-refractivity contribution in [2.75, 3.05) is 22.9 Å². The maximum atomic E-state index is 11.9. The lowest BCUT2D eigenvalue weighted by molar-refractivity contribution is -0.119. The van der Waals surface area contributed by atoms with Crippen LogP contribution in [0, 0.1) is 0 Å². The third-order valence-electron chi connectivity index (χ3n) is 5.58. The van der Waals surface area contributed by atoms with E-state index in [0.717, 1.165) is 50.1 Å². The number of anilines is 2. The molecule has 0 saturated carbocycles. The van der Waals surface area contributed by atoms with Crippen LogP contribution in [0.15, 0.2) is 36.7 Å². The molecule has 2 amide bonds. The standard InChI is InChI=1S/C20H24N6O2/c21-19(27)15-7-3-11-25(15)13-5-1-9-23-17(13)18-14(6-2-10-24-18)26-12-4-8-16(26)20(22)28/h1-2,5-6,9-10,15-16H,3-4,7-8,11-12H2,(H2,21,27)(H2,22,28). The quantitative estimate of drug-likeness (QED) is 0.800. The molecule has 0 aliphatic carbocycles. The Bertz CT molecular complexity index is 828. The molecule has 2 aromatic rings. The van der Waals surface area contributed by atoms with Gasteiger partial charge in [-0.2, -0.15) is 0 Å². The molecule has 2 fully saturated rings. The number of hydrogen-bond acceptors (Lipinski definition) is 6. The van der Waals surface area contributed by atoms with Gasteiger partial charge in [-0.3, -0.25) is 19.6 Å². The maximum Gasteiger partial charge on any atom is 0.240 e. The van der Waals surface area contributed by atoms with Crippen LogP contribution >= 0.6 is 0 Å². The fourth-order valence-electron chi connectivity index (χ4n) is 4.32. The van der Waals surface area contributed by atoms with Crippen LogP contribution in [0.2, 0.25) is 0 Å². The summed E-state index contributed by atoms with van der Waals surface area (Å²) < 4.78 is 0. The number of carbonyl (C=O) groups excluding carboxylic acids is 2. The summed E-state index contributed by atoms with van der Waals surface area (Å²) >= 11 is 0. The molecule has 146 valence electrons. The van der Waals surface area contributed by atoms with E-state index >= 15 is 0 Å². The average Bonchev–Trinajstić information content (AvgIpc) is 3.37. The minimum absolute atomic E-state index is 0.332. The van der Waals surface area contributed by atoms with Gasteiger partial charge in [0.15, 0.2) is 0 Å². The molecule has 4 rings (SSSR count). The Morgan fingerprint density at radius 3 is 1.64 bits per heavy atom. The van der Waals surface area contributed by atoms with Gasteiger partial charge in [0.25, 0.3) is 0 Å². The van der Waals surface area contributed by atoms with Crippen molar-refractivity contribution < 1.29 is 9.59 Å². The summed E-state index contributed by atoms with van der Waals surface area (Å²) in [5.41, 5.74) is 14.3. The van der Waals surface area contributed by atoms with Crippen LogP contribution in [0.1, 0.15) is 25.7 Å². The summed E-state index contributed by atoms with van der Waals surface area (Å²) in [6.07, 6.45) is 6.67. The van der Waals surface area contributed by atoms with Crippen molar-refractivity contribution >= 4 is 23.2 Å². The first-order valence-corrected chi connectivity index (χ1v) is 9.60. The lowest BCUT2D eigenvalue weighted by Crippen LogP contribution is -2.41. The highest BCUT2D eigenvalue weighted by Crippen LogP contribution is 2.38. The molecule has 8 heteroatoms. The molecule has 0 bridgehead atoms. The molecule has 0 spiro atoms. The second-order valence-electron chi connectivity index (χ2n) is 7.25. The van der Waals surface area contributed by atoms with Crippen LogP contribution < -0.4 is 21.3 Å². The second-order valence-corrected chi connectivity index (χ2v) is 7.25. The molecule has 4 heterocycles. The van der Waals surface area contributed by atoms with Gasteiger partial charge in [0, 0.05) is 25.5 Å². The monoisotopic (exact) mass is 380 g/mol. The Labute approximate surface area is 163 Å². The smallest absolute Gasteiger partial charge is 0.240 e. The minimum atomic E-state index is -0.347. The molecule has 8 nitrogen and oxygen atoms in total. The molecule has 2 atom stereocenters. The molecule has 2 aliphatic rings. The minimum Gasteiger partial charge on any atom is -0.368 e. The van der Waals surface area contributed by atoms with Crippen molar-refractivity contribution in [3.05, 3.63) is 36.7 Å². The number of rotatable bonds is 5. The Hall–Kier alpha value is -3.16. The van der Waals surface area contributed by atoms with E-state index in [1.807, 2.05) is 34.1 Å². The van der Waals surface area contributed by atoms with Crippen molar-refractivity contribution in [1.29, 1.82) is 0 Å². The van der Waals surface area contributed by atoms with E-state index in [0.29, 0.717) is 11.4 Å². The third kappa shape index (κ3) is 3.15. The maximum absolute atomic E-state index is 11.9. The van der Waals surface area contributed by atoms with Gasteiger partial charge in [-0.05, 0) is 49.9 Å². The number of pyridine rings is 2. The average molecular weight is 380 g/mol. The molecule has 2 aliphatic heterocycles. The topological polar surface area (TPSA) is 118 Å². The van der Waals surface area contributed by atoms with Gasteiger partial charge < -0.3 is 21.3 Å². The normalized spacial score (nSPS) is 21.9. The highest BCUT2D eigenvalue weighted by molar-refractivity contribution is 5.90. The number of primary amides is 2. The molecule has 0 aromatic carbocycles. The van der Waals surface area contributed by atoms with Crippen LogP contribution in [0.25, 0.3) is 11.4 Å². The molecule has 4 N–H and O–H groups in total. The lowest BCUT2D eigenvalue weighted by atomic mass is 10.1. The first kappa shape index (κ1) is 18.2. The summed E-state index contributed by atoms with van der Waals surface area (Å²) in [5, 5.41) is 0. The molecular weight excluding hydrogens is 356 g/mol. The summed E-state index contributed by atoms with van der Waals surface area (Å²) in [5.74, 6) is -0.663. The van der Waals surface area contributed by atoms with Gasteiger partial charge in [-0.15, -0.1) is 0 Å². The number of aromatic nitrogens is 2. The first-order chi connectivity index (χ1) is 13.6. The highest BCUT2D eigenvalue weighted by Gasteiger charge is 2.34. The fraction of sp³-hybridized carbons (Fsp3) is 0.400. The van der Waals surface area contributed by atoms with Crippen LogP contribution in [-0.4, -0.2) is 47.0 Å². The number of hydrogen-bond donors (Lipinski definition) is 2. The molecule has 2 saturated heterocycles. The van der Waals surface area contributed by atoms with Crippen molar-refractivity contribution in [3.63, 3.8) is 0 Å². The molecular formula is C20H24N6O2. The predicted octanol–water partition coefficient (Wildman–Crippen LogP) is 1.05. The summed E-state index contributed by atoms with van der Waals surface area (Å²) in [4.78, 5) is 37.0. The summed E-state index contributed by atoms with van der Waals surface area (Å²) in [7, 11) is 0. The number of nitrogens with two attached hydrogens (primary N) is 2. The van der Waals surface area contributed by atoms with Crippen LogP contribution in [0.5, 0.6) is 0 Å². The van der Waals surface area contributed by atoms with Crippen molar-refractivity contribution in [2.24, 2.45) is 11.5 Å². The van der Waals surface area contributed by atoms with Gasteiger partial charge in [0.2, 0.25) is 11.8 Å². The largest absolute Gasteiger partial charge is 0.368 e. The van der Waals surface area contributed by atoms with E-state index < -0.39 is 0 Å². The number of amides is 2. The second kappa shape index (κ2) is 7.46. The van der Waals surface area contributed by atoms with E-state index in [9.17, 15) is 9.59 Å². The molecule has 2 unspecified atom stereocenters. The van der Waals surface area contributed by atoms with Gasteiger partial charge in [-0.1, -0.05) is 0 Å². The van der Waals surface area contributed by atoms with Gasteiger partial charge in [-0.25, -0.2) is 0 Å². The van der Waals surface area contributed by atoms with E-state index in [1.165, 1.54) is 0 Å². The Kier molecular flexibility index (Phi) is 4.85. The zero-order chi connectivity index (χ0) is 19.7. The number of carbonyl (C=O) groups is 2. The molecule has 28 heavy (non-hydrogen) atoms. The zero-order valence-corrected chi connectivity index (χ0v) is 15.6. The third-order valence-corrected chi connectivity index (χ3v) is 5.58. The predicted molar refractivity (Wildman–Crippen MR) is 107 cm³/mol. The van der Waals surface area contributed by atoms with E-state index in [-0.39, 0.29) is 23.9 Å². The van der Waals surface area contributed by atoms with E-state index in [4.69, 9.17) is 11.5 Å². The SMILES string of the molecule is NC(=O)C1CCCN1c1cccnc1-c1ncccc1N1CCCC1C(N)=O. The van der Waals surface area contributed by atoms with Crippen molar-refractivity contribution in [3.8, 4) is 11.4 Å². The van der Waals surface area contributed by atoms with Crippen molar-refractivity contribution in [2.45, 2.75) is 37.8 Å². The van der Waals surface area contributed by atoms with Crippen molar-refractivity contribution in [1.82, 2.24) is 9.97 Å². The zero-order valence-electron chi connectivity index (χ0n) is 15.6. The van der Waals surface area contributed by atoms with Crippen LogP contribution in [0.3, 0.4) is 0 Å². The lowest BCUT2D eigenvalue weighted by Gasteiger charge is -2.29. The van der Waals surface area contributed by atoms with Gasteiger partial charge in [0.1, 0.15) is 23.5 Å². The van der Waals surface area contributed by atoms with Crippen LogP contribution in [0.4, 0.5) is 11.4 Å².